The molecule has 0 aliphatic rings. The zero-order valence-corrected chi connectivity index (χ0v) is 16.1. The highest BCUT2D eigenvalue weighted by Crippen LogP contribution is 2.17. The fourth-order valence-corrected chi connectivity index (χ4v) is 2.44. The van der Waals surface area contributed by atoms with E-state index in [4.69, 9.17) is 0 Å². The summed E-state index contributed by atoms with van der Waals surface area (Å²) in [6, 6.07) is 12.8. The standard InChI is InChI=1S/C21H26FN3O2/c1-14(2)25(4)13-20(26)23-15(3)16-7-11-19(12-8-16)24-21(27)17-5-9-18(22)10-6-17/h5-12,14-15H,13H2,1-4H3,(H,23,26)(H,24,27). The Hall–Kier alpha value is -2.73. The topological polar surface area (TPSA) is 61.4 Å². The molecule has 1 atom stereocenters. The van der Waals surface area contributed by atoms with Gasteiger partial charge in [-0.25, -0.2) is 4.39 Å². The zero-order chi connectivity index (χ0) is 20.0. The third-order valence-electron chi connectivity index (χ3n) is 4.43. The maximum absolute atomic E-state index is 12.9. The fourth-order valence-electron chi connectivity index (χ4n) is 2.44. The van der Waals surface area contributed by atoms with E-state index < -0.39 is 0 Å². The molecule has 6 heteroatoms. The molecule has 0 heterocycles. The van der Waals surface area contributed by atoms with Crippen LogP contribution >= 0.6 is 0 Å². The lowest BCUT2D eigenvalue weighted by Gasteiger charge is -2.22. The van der Waals surface area contributed by atoms with E-state index in [-0.39, 0.29) is 23.7 Å². The Morgan fingerprint density at radius 1 is 1.00 bits per heavy atom. The van der Waals surface area contributed by atoms with Gasteiger partial charge >= 0.3 is 0 Å². The van der Waals surface area contributed by atoms with Crippen molar-refractivity contribution in [1.29, 1.82) is 0 Å². The van der Waals surface area contributed by atoms with Crippen molar-refractivity contribution in [1.82, 2.24) is 10.2 Å². The normalized spacial score (nSPS) is 12.1. The van der Waals surface area contributed by atoms with Gasteiger partial charge in [0.15, 0.2) is 0 Å². The van der Waals surface area contributed by atoms with Crippen LogP contribution in [-0.2, 0) is 4.79 Å². The lowest BCUT2D eigenvalue weighted by atomic mass is 10.1. The van der Waals surface area contributed by atoms with Gasteiger partial charge in [0, 0.05) is 17.3 Å². The third kappa shape index (κ3) is 6.18. The van der Waals surface area contributed by atoms with Gasteiger partial charge in [-0.3, -0.25) is 14.5 Å². The van der Waals surface area contributed by atoms with Crippen LogP contribution in [-0.4, -0.2) is 36.3 Å². The predicted molar refractivity (Wildman–Crippen MR) is 105 cm³/mol. The number of nitrogens with zero attached hydrogens (tertiary/aromatic N) is 1. The second-order valence-electron chi connectivity index (χ2n) is 6.88. The molecule has 2 amide bonds. The lowest BCUT2D eigenvalue weighted by molar-refractivity contribution is -0.122. The molecule has 2 rings (SSSR count). The number of hydrogen-bond acceptors (Lipinski definition) is 3. The molecule has 144 valence electrons. The first-order valence-corrected chi connectivity index (χ1v) is 8.92. The quantitative estimate of drug-likeness (QED) is 0.782. The van der Waals surface area contributed by atoms with E-state index in [2.05, 4.69) is 10.6 Å². The maximum atomic E-state index is 12.9. The van der Waals surface area contributed by atoms with Crippen LogP contribution in [0.5, 0.6) is 0 Å². The van der Waals surface area contributed by atoms with Crippen molar-refractivity contribution in [2.24, 2.45) is 0 Å². The van der Waals surface area contributed by atoms with Crippen LogP contribution in [0.1, 0.15) is 42.7 Å². The smallest absolute Gasteiger partial charge is 0.255 e. The highest BCUT2D eigenvalue weighted by molar-refractivity contribution is 6.04. The number of likely N-dealkylation sites (N-methyl/N-ethyl adjacent to an activating group) is 1. The molecular formula is C21H26FN3O2. The summed E-state index contributed by atoms with van der Waals surface area (Å²) in [6.45, 7) is 6.33. The molecule has 0 radical (unpaired) electrons. The SMILES string of the molecule is CC(NC(=O)CN(C)C(C)C)c1ccc(NC(=O)c2ccc(F)cc2)cc1. The lowest BCUT2D eigenvalue weighted by Crippen LogP contribution is -2.39. The minimum Gasteiger partial charge on any atom is -0.348 e. The van der Waals surface area contributed by atoms with E-state index in [1.54, 1.807) is 12.1 Å². The predicted octanol–water partition coefficient (Wildman–Crippen LogP) is 3.60. The van der Waals surface area contributed by atoms with E-state index in [0.717, 1.165) is 5.56 Å². The Bertz CT molecular complexity index is 773. The van der Waals surface area contributed by atoms with Crippen molar-refractivity contribution in [3.05, 3.63) is 65.5 Å². The molecular weight excluding hydrogens is 345 g/mol. The van der Waals surface area contributed by atoms with Gasteiger partial charge in [0.25, 0.3) is 5.91 Å². The Morgan fingerprint density at radius 3 is 2.15 bits per heavy atom. The molecule has 27 heavy (non-hydrogen) atoms. The van der Waals surface area contributed by atoms with Crippen LogP contribution in [0.2, 0.25) is 0 Å². The molecule has 0 spiro atoms. The maximum Gasteiger partial charge on any atom is 0.255 e. The number of halogens is 1. The van der Waals surface area contributed by atoms with E-state index in [1.165, 1.54) is 24.3 Å². The van der Waals surface area contributed by atoms with Gasteiger partial charge in [0.2, 0.25) is 5.91 Å². The van der Waals surface area contributed by atoms with Crippen LogP contribution in [0.4, 0.5) is 10.1 Å². The van der Waals surface area contributed by atoms with Gasteiger partial charge in [-0.1, -0.05) is 12.1 Å². The average molecular weight is 371 g/mol. The molecule has 5 nitrogen and oxygen atoms in total. The van der Waals surface area contributed by atoms with Crippen molar-refractivity contribution < 1.29 is 14.0 Å². The number of amides is 2. The number of nitrogens with one attached hydrogen (secondary N) is 2. The highest BCUT2D eigenvalue weighted by Gasteiger charge is 2.13. The molecule has 1 unspecified atom stereocenters. The Morgan fingerprint density at radius 2 is 1.59 bits per heavy atom. The van der Waals surface area contributed by atoms with E-state index in [0.29, 0.717) is 23.8 Å². The molecule has 0 fully saturated rings. The molecule has 0 saturated heterocycles. The monoisotopic (exact) mass is 371 g/mol. The van der Waals surface area contributed by atoms with E-state index in [1.807, 2.05) is 44.9 Å². The van der Waals surface area contributed by atoms with Gasteiger partial charge in [-0.2, -0.15) is 0 Å². The fraction of sp³-hybridized carbons (Fsp3) is 0.333. The minimum absolute atomic E-state index is 0.0348. The number of carbonyl (C=O) groups is 2. The summed E-state index contributed by atoms with van der Waals surface area (Å²) in [7, 11) is 1.91. The van der Waals surface area contributed by atoms with Crippen molar-refractivity contribution in [3.63, 3.8) is 0 Å². The first-order valence-electron chi connectivity index (χ1n) is 8.92. The Kier molecular flexibility index (Phi) is 7.07. The number of hydrogen-bond donors (Lipinski definition) is 2. The Balaban J connectivity index is 1.93. The molecule has 0 bridgehead atoms. The van der Waals surface area contributed by atoms with Crippen molar-refractivity contribution in [3.8, 4) is 0 Å². The molecule has 2 aromatic carbocycles. The van der Waals surface area contributed by atoms with Crippen molar-refractivity contribution >= 4 is 17.5 Å². The molecule has 0 aliphatic heterocycles. The zero-order valence-electron chi connectivity index (χ0n) is 16.1. The second-order valence-corrected chi connectivity index (χ2v) is 6.88. The number of carbonyl (C=O) groups excluding carboxylic acids is 2. The first-order chi connectivity index (χ1) is 12.8. The molecule has 2 N–H and O–H groups in total. The van der Waals surface area contributed by atoms with E-state index >= 15 is 0 Å². The summed E-state index contributed by atoms with van der Waals surface area (Å²) >= 11 is 0. The van der Waals surface area contributed by atoms with E-state index in [9.17, 15) is 14.0 Å². The third-order valence-corrected chi connectivity index (χ3v) is 4.43. The van der Waals surface area contributed by atoms with Crippen LogP contribution < -0.4 is 10.6 Å². The summed E-state index contributed by atoms with van der Waals surface area (Å²) in [5, 5.41) is 5.74. The minimum atomic E-state index is -0.383. The number of anilines is 1. The number of benzene rings is 2. The summed E-state index contributed by atoms with van der Waals surface area (Å²) in [5.41, 5.74) is 1.96. The number of rotatable bonds is 7. The van der Waals surface area contributed by atoms with Gasteiger partial charge in [0.05, 0.1) is 12.6 Å². The van der Waals surface area contributed by atoms with Gasteiger partial charge in [-0.15, -0.1) is 0 Å². The summed E-state index contributed by atoms with van der Waals surface area (Å²) in [5.74, 6) is -0.722. The second kappa shape index (κ2) is 9.28. The van der Waals surface area contributed by atoms with Crippen LogP contribution in [0.15, 0.2) is 48.5 Å². The molecule has 0 aromatic heterocycles. The summed E-state index contributed by atoms with van der Waals surface area (Å²) in [4.78, 5) is 26.2. The summed E-state index contributed by atoms with van der Waals surface area (Å²) in [6.07, 6.45) is 0. The van der Waals surface area contributed by atoms with Gasteiger partial charge in [-0.05, 0) is 69.8 Å². The first kappa shape index (κ1) is 20.6. The Labute approximate surface area is 159 Å². The van der Waals surface area contributed by atoms with Crippen LogP contribution in [0.25, 0.3) is 0 Å². The molecule has 0 aliphatic carbocycles. The summed E-state index contributed by atoms with van der Waals surface area (Å²) < 4.78 is 12.9. The van der Waals surface area contributed by atoms with Crippen LogP contribution in [0, 0.1) is 5.82 Å². The van der Waals surface area contributed by atoms with Crippen LogP contribution in [0.3, 0.4) is 0 Å². The van der Waals surface area contributed by atoms with Gasteiger partial charge < -0.3 is 10.6 Å². The van der Waals surface area contributed by atoms with Crippen molar-refractivity contribution in [2.45, 2.75) is 32.9 Å². The van der Waals surface area contributed by atoms with Crippen molar-refractivity contribution in [2.75, 3.05) is 18.9 Å². The molecule has 0 saturated carbocycles. The van der Waals surface area contributed by atoms with Gasteiger partial charge in [0.1, 0.15) is 5.82 Å². The average Bonchev–Trinajstić information content (AvgIpc) is 2.62. The largest absolute Gasteiger partial charge is 0.348 e. The molecule has 2 aromatic rings. The highest BCUT2D eigenvalue weighted by atomic mass is 19.1.